The molecule has 21 heavy (non-hydrogen) atoms. The minimum atomic E-state index is -4.69. The molecule has 2 aromatic carbocycles. The maximum Gasteiger partial charge on any atom is 0.416 e. The minimum absolute atomic E-state index is 0.109. The zero-order valence-corrected chi connectivity index (χ0v) is 10.3. The lowest BCUT2D eigenvalue weighted by Crippen LogP contribution is -2.06. The third kappa shape index (κ3) is 3.41. The maximum atomic E-state index is 12.5. The Bertz CT molecular complexity index is 668. The van der Waals surface area contributed by atoms with Crippen LogP contribution in [0.1, 0.15) is 5.56 Å². The Morgan fingerprint density at radius 3 is 2.19 bits per heavy atom. The molecule has 0 fully saturated rings. The van der Waals surface area contributed by atoms with Crippen molar-refractivity contribution >= 4 is 5.69 Å². The number of nitrogens with zero attached hydrogens (tertiary/aromatic N) is 1. The second kappa shape index (κ2) is 5.31. The molecular weight excluding hydrogens is 291 g/mol. The third-order valence-electron chi connectivity index (χ3n) is 2.53. The Balaban J connectivity index is 2.39. The number of benzene rings is 2. The smallest absolute Gasteiger partial charge is 0.416 e. The number of nitro groups is 1. The standard InChI is InChI=1S/C13H7F3NO4/c14-13(15,16)8-1-6-12(11(7-8)17(19)20)21-10-4-2-9(18)3-5-10/h1-7H. The number of nitro benzene ring substituents is 1. The molecule has 2 rings (SSSR count). The molecule has 0 saturated heterocycles. The van der Waals surface area contributed by atoms with Crippen LogP contribution in [-0.4, -0.2) is 4.92 Å². The number of hydrogen-bond donors (Lipinski definition) is 0. The van der Waals surface area contributed by atoms with Crippen LogP contribution in [0.4, 0.5) is 18.9 Å². The van der Waals surface area contributed by atoms with Crippen LogP contribution in [0.5, 0.6) is 17.2 Å². The second-order valence-corrected chi connectivity index (χ2v) is 4.01. The van der Waals surface area contributed by atoms with E-state index in [1.54, 1.807) is 0 Å². The lowest BCUT2D eigenvalue weighted by atomic mass is 10.2. The van der Waals surface area contributed by atoms with Crippen LogP contribution in [0.15, 0.2) is 42.5 Å². The van der Waals surface area contributed by atoms with E-state index in [9.17, 15) is 28.4 Å². The third-order valence-corrected chi connectivity index (χ3v) is 2.53. The van der Waals surface area contributed by atoms with Gasteiger partial charge in [-0.3, -0.25) is 15.2 Å². The van der Waals surface area contributed by atoms with Crippen molar-refractivity contribution in [3.8, 4) is 17.2 Å². The van der Waals surface area contributed by atoms with Gasteiger partial charge in [-0.1, -0.05) is 0 Å². The van der Waals surface area contributed by atoms with Gasteiger partial charge in [0, 0.05) is 6.07 Å². The summed E-state index contributed by atoms with van der Waals surface area (Å²) < 4.78 is 42.8. The summed E-state index contributed by atoms with van der Waals surface area (Å²) in [6.07, 6.45) is -4.69. The van der Waals surface area contributed by atoms with Gasteiger partial charge in [0.1, 0.15) is 5.75 Å². The molecule has 0 bridgehead atoms. The Hall–Kier alpha value is -2.77. The summed E-state index contributed by atoms with van der Waals surface area (Å²) >= 11 is 0. The zero-order valence-electron chi connectivity index (χ0n) is 10.3. The highest BCUT2D eigenvalue weighted by Gasteiger charge is 2.33. The lowest BCUT2D eigenvalue weighted by molar-refractivity contribution is -0.385. The van der Waals surface area contributed by atoms with Gasteiger partial charge in [0.15, 0.2) is 5.75 Å². The summed E-state index contributed by atoms with van der Waals surface area (Å²) in [5.41, 5.74) is -1.95. The molecule has 0 unspecified atom stereocenters. The van der Waals surface area contributed by atoms with Gasteiger partial charge in [0.05, 0.1) is 10.5 Å². The number of hydrogen-bond acceptors (Lipinski definition) is 3. The number of rotatable bonds is 3. The largest absolute Gasteiger partial charge is 0.450 e. The van der Waals surface area contributed by atoms with Crippen LogP contribution in [0, 0.1) is 10.1 Å². The monoisotopic (exact) mass is 298 g/mol. The van der Waals surface area contributed by atoms with Crippen LogP contribution in [-0.2, 0) is 11.3 Å². The van der Waals surface area contributed by atoms with Crippen LogP contribution in [0.2, 0.25) is 0 Å². The molecule has 0 saturated carbocycles. The van der Waals surface area contributed by atoms with Crippen molar-refractivity contribution in [1.29, 1.82) is 0 Å². The van der Waals surface area contributed by atoms with Crippen molar-refractivity contribution < 1.29 is 27.9 Å². The fraction of sp³-hybridized carbons (Fsp3) is 0.0769. The molecule has 109 valence electrons. The summed E-state index contributed by atoms with van der Waals surface area (Å²) in [6, 6.07) is 6.83. The van der Waals surface area contributed by atoms with Crippen LogP contribution in [0.3, 0.4) is 0 Å². The van der Waals surface area contributed by atoms with E-state index in [1.807, 2.05) is 0 Å². The van der Waals surface area contributed by atoms with Crippen molar-refractivity contribution in [2.24, 2.45) is 0 Å². The maximum absolute atomic E-state index is 12.5. The number of halogens is 3. The van der Waals surface area contributed by atoms with Crippen molar-refractivity contribution in [3.63, 3.8) is 0 Å². The van der Waals surface area contributed by atoms with Crippen LogP contribution < -0.4 is 4.74 Å². The Labute approximate surface area is 116 Å². The molecule has 0 heterocycles. The summed E-state index contributed by atoms with van der Waals surface area (Å²) in [7, 11) is 0. The lowest BCUT2D eigenvalue weighted by Gasteiger charge is -2.09. The molecule has 8 heteroatoms. The van der Waals surface area contributed by atoms with Gasteiger partial charge in [0.25, 0.3) is 0 Å². The average Bonchev–Trinajstić information content (AvgIpc) is 2.40. The van der Waals surface area contributed by atoms with Gasteiger partial charge < -0.3 is 4.74 Å². The van der Waals surface area contributed by atoms with E-state index in [-0.39, 0.29) is 17.2 Å². The van der Waals surface area contributed by atoms with E-state index >= 15 is 0 Å². The van der Waals surface area contributed by atoms with E-state index in [2.05, 4.69) is 0 Å². The van der Waals surface area contributed by atoms with Gasteiger partial charge >= 0.3 is 11.9 Å². The average molecular weight is 298 g/mol. The zero-order chi connectivity index (χ0) is 15.6. The highest BCUT2D eigenvalue weighted by Crippen LogP contribution is 2.37. The summed E-state index contributed by atoms with van der Waals surface area (Å²) in [5.74, 6) is -0.520. The van der Waals surface area contributed by atoms with Crippen LogP contribution >= 0.6 is 0 Å². The molecule has 0 atom stereocenters. The molecule has 5 nitrogen and oxygen atoms in total. The van der Waals surface area contributed by atoms with Crippen molar-refractivity contribution in [3.05, 3.63) is 58.1 Å². The first kappa shape index (κ1) is 14.6. The Morgan fingerprint density at radius 2 is 1.67 bits per heavy atom. The van der Waals surface area contributed by atoms with E-state index < -0.39 is 22.4 Å². The second-order valence-electron chi connectivity index (χ2n) is 4.01. The summed E-state index contributed by atoms with van der Waals surface area (Å²) in [4.78, 5) is 9.89. The molecule has 0 aromatic heterocycles. The minimum Gasteiger partial charge on any atom is -0.450 e. The normalized spacial score (nSPS) is 11.2. The molecule has 0 amide bonds. The highest BCUT2D eigenvalue weighted by atomic mass is 19.4. The molecule has 0 aliphatic heterocycles. The quantitative estimate of drug-likeness (QED) is 0.616. The number of alkyl halides is 3. The van der Waals surface area contributed by atoms with Crippen LogP contribution in [0.25, 0.3) is 0 Å². The summed E-state index contributed by atoms with van der Waals surface area (Å²) in [6.45, 7) is 0. The first-order valence-electron chi connectivity index (χ1n) is 5.58. The fourth-order valence-electron chi connectivity index (χ4n) is 1.56. The van der Waals surface area contributed by atoms with Gasteiger partial charge in [-0.25, -0.2) is 0 Å². The SMILES string of the molecule is [O]c1ccc(Oc2ccc(C(F)(F)F)cc2[N+](=O)[O-])cc1. The highest BCUT2D eigenvalue weighted by molar-refractivity contribution is 5.51. The number of ether oxygens (including phenoxy) is 1. The molecule has 1 radical (unpaired) electrons. The van der Waals surface area contributed by atoms with Crippen molar-refractivity contribution in [2.45, 2.75) is 6.18 Å². The van der Waals surface area contributed by atoms with E-state index in [0.717, 1.165) is 6.07 Å². The first-order valence-corrected chi connectivity index (χ1v) is 5.58. The van der Waals surface area contributed by atoms with E-state index in [1.165, 1.54) is 24.3 Å². The summed E-state index contributed by atoms with van der Waals surface area (Å²) in [5, 5.41) is 21.8. The van der Waals surface area contributed by atoms with Crippen molar-refractivity contribution in [1.82, 2.24) is 0 Å². The van der Waals surface area contributed by atoms with E-state index in [4.69, 9.17) is 4.74 Å². The molecule has 0 aliphatic rings. The molecule has 0 aliphatic carbocycles. The predicted octanol–water partition coefficient (Wildman–Crippen LogP) is 4.55. The molecule has 0 N–H and O–H groups in total. The molecular formula is C13H7F3NO4. The van der Waals surface area contributed by atoms with E-state index in [0.29, 0.717) is 12.1 Å². The first-order chi connectivity index (χ1) is 9.77. The van der Waals surface area contributed by atoms with Gasteiger partial charge in [-0.2, -0.15) is 13.2 Å². The fourth-order valence-corrected chi connectivity index (χ4v) is 1.56. The predicted molar refractivity (Wildman–Crippen MR) is 64.7 cm³/mol. The van der Waals surface area contributed by atoms with Crippen molar-refractivity contribution in [2.75, 3.05) is 0 Å². The van der Waals surface area contributed by atoms with Gasteiger partial charge in [-0.15, -0.1) is 0 Å². The van der Waals surface area contributed by atoms with Gasteiger partial charge in [-0.05, 0) is 36.4 Å². The Morgan fingerprint density at radius 1 is 1.05 bits per heavy atom. The Kier molecular flexibility index (Phi) is 3.70. The topological polar surface area (TPSA) is 72.3 Å². The van der Waals surface area contributed by atoms with Gasteiger partial charge in [0.2, 0.25) is 5.75 Å². The molecule has 0 spiro atoms. The molecule has 2 aromatic rings.